The lowest BCUT2D eigenvalue weighted by Crippen LogP contribution is -2.45. The molecule has 2 aromatic carbocycles. The van der Waals surface area contributed by atoms with Crippen LogP contribution in [0.4, 0.5) is 5.69 Å². The van der Waals surface area contributed by atoms with Crippen LogP contribution in [0.3, 0.4) is 0 Å². The number of piperidine rings is 1. The zero-order valence-corrected chi connectivity index (χ0v) is 21.0. The van der Waals surface area contributed by atoms with Gasteiger partial charge in [-0.15, -0.1) is 0 Å². The fourth-order valence-electron chi connectivity index (χ4n) is 5.43. The van der Waals surface area contributed by atoms with Crippen molar-refractivity contribution < 1.29 is 14.4 Å². The van der Waals surface area contributed by atoms with E-state index in [-0.39, 0.29) is 36.0 Å². The van der Waals surface area contributed by atoms with Crippen LogP contribution in [0.1, 0.15) is 36.0 Å². The highest BCUT2D eigenvalue weighted by atomic mass is 16.2. The summed E-state index contributed by atoms with van der Waals surface area (Å²) in [7, 11) is 0. The number of aromatic nitrogens is 1. The molecule has 2 aliphatic heterocycles. The number of nitrogens with zero attached hydrogens (tertiary/aromatic N) is 2. The molecule has 5 rings (SSSR count). The normalized spacial score (nSPS) is 18.7. The number of nitrogens with one attached hydrogen (secondary N) is 2. The molecule has 0 saturated carbocycles. The summed E-state index contributed by atoms with van der Waals surface area (Å²) < 4.78 is 0. The number of anilines is 1. The van der Waals surface area contributed by atoms with Crippen molar-refractivity contribution >= 4 is 34.3 Å². The Morgan fingerprint density at radius 3 is 2.47 bits per heavy atom. The standard InChI is InChI=1S/C29H34N4O3/c1-19-3-6-24(7-4-19)33-18-23(16-27(33)34)29(36)32-13-10-21(11-14-32)28(35)30-12-9-22-17-31-26-8-5-20(2)15-25(22)26/h3-8,15,17,21,23,31H,9-14,16,18H2,1-2H3,(H,30,35). The van der Waals surface area contributed by atoms with Gasteiger partial charge in [0.2, 0.25) is 17.7 Å². The summed E-state index contributed by atoms with van der Waals surface area (Å²) in [6.45, 7) is 6.24. The van der Waals surface area contributed by atoms with E-state index < -0.39 is 0 Å². The van der Waals surface area contributed by atoms with Gasteiger partial charge in [0.25, 0.3) is 0 Å². The Morgan fingerprint density at radius 1 is 1.00 bits per heavy atom. The molecule has 0 radical (unpaired) electrons. The van der Waals surface area contributed by atoms with Crippen molar-refractivity contribution in [3.8, 4) is 0 Å². The van der Waals surface area contributed by atoms with E-state index in [1.807, 2.05) is 42.3 Å². The van der Waals surface area contributed by atoms with E-state index in [4.69, 9.17) is 0 Å². The molecule has 2 saturated heterocycles. The van der Waals surface area contributed by atoms with E-state index in [1.54, 1.807) is 4.90 Å². The second kappa shape index (κ2) is 10.2. The van der Waals surface area contributed by atoms with Crippen LogP contribution in [0.15, 0.2) is 48.7 Å². The number of hydrogen-bond acceptors (Lipinski definition) is 3. The Labute approximate surface area is 211 Å². The van der Waals surface area contributed by atoms with E-state index in [0.717, 1.165) is 23.2 Å². The summed E-state index contributed by atoms with van der Waals surface area (Å²) >= 11 is 0. The van der Waals surface area contributed by atoms with Crippen molar-refractivity contribution in [2.24, 2.45) is 11.8 Å². The molecular formula is C29H34N4O3. The first-order chi connectivity index (χ1) is 17.4. The van der Waals surface area contributed by atoms with Gasteiger partial charge in [0.15, 0.2) is 0 Å². The molecule has 36 heavy (non-hydrogen) atoms. The molecule has 3 heterocycles. The molecule has 3 aromatic rings. The predicted molar refractivity (Wildman–Crippen MR) is 141 cm³/mol. The Bertz CT molecular complexity index is 1270. The third-order valence-electron chi connectivity index (χ3n) is 7.61. The molecule has 7 nitrogen and oxygen atoms in total. The number of benzene rings is 2. The maximum atomic E-state index is 13.1. The van der Waals surface area contributed by atoms with Crippen LogP contribution in [0.25, 0.3) is 10.9 Å². The van der Waals surface area contributed by atoms with E-state index in [0.29, 0.717) is 39.0 Å². The first kappa shape index (κ1) is 24.1. The van der Waals surface area contributed by atoms with Crippen LogP contribution in [0.2, 0.25) is 0 Å². The van der Waals surface area contributed by atoms with Gasteiger partial charge in [-0.2, -0.15) is 0 Å². The monoisotopic (exact) mass is 486 g/mol. The minimum absolute atomic E-state index is 0.00294. The Morgan fingerprint density at radius 2 is 1.72 bits per heavy atom. The van der Waals surface area contributed by atoms with Crippen LogP contribution < -0.4 is 10.2 Å². The van der Waals surface area contributed by atoms with Crippen LogP contribution in [-0.4, -0.2) is 53.8 Å². The minimum Gasteiger partial charge on any atom is -0.361 e. The van der Waals surface area contributed by atoms with Gasteiger partial charge < -0.3 is 20.1 Å². The SMILES string of the molecule is Cc1ccc(N2CC(C(=O)N3CCC(C(=O)NCCc4c[nH]c5ccc(C)cc45)CC3)CC2=O)cc1. The lowest BCUT2D eigenvalue weighted by Gasteiger charge is -2.33. The second-order valence-electron chi connectivity index (χ2n) is 10.2. The number of carbonyl (C=O) groups is 3. The molecule has 1 aromatic heterocycles. The summed E-state index contributed by atoms with van der Waals surface area (Å²) in [5.41, 5.74) is 5.53. The Kier molecular flexibility index (Phi) is 6.81. The quantitative estimate of drug-likeness (QED) is 0.557. The number of likely N-dealkylation sites (tertiary alicyclic amines) is 1. The average Bonchev–Trinajstić information content (AvgIpc) is 3.47. The summed E-state index contributed by atoms with van der Waals surface area (Å²) in [6, 6.07) is 14.2. The van der Waals surface area contributed by atoms with Gasteiger partial charge in [0.05, 0.1) is 5.92 Å². The number of carbonyl (C=O) groups excluding carboxylic acids is 3. The molecule has 0 aliphatic carbocycles. The molecule has 3 amide bonds. The zero-order chi connectivity index (χ0) is 25.2. The first-order valence-corrected chi connectivity index (χ1v) is 12.9. The highest BCUT2D eigenvalue weighted by molar-refractivity contribution is 6.00. The average molecular weight is 487 g/mol. The van der Waals surface area contributed by atoms with Crippen LogP contribution in [0.5, 0.6) is 0 Å². The molecule has 0 spiro atoms. The fourth-order valence-corrected chi connectivity index (χ4v) is 5.43. The summed E-state index contributed by atoms with van der Waals surface area (Å²) in [4.78, 5) is 45.3. The molecule has 2 fully saturated rings. The van der Waals surface area contributed by atoms with Gasteiger partial charge in [-0.3, -0.25) is 14.4 Å². The maximum absolute atomic E-state index is 13.1. The fraction of sp³-hybridized carbons (Fsp3) is 0.414. The first-order valence-electron chi connectivity index (χ1n) is 12.9. The van der Waals surface area contributed by atoms with Crippen LogP contribution in [0, 0.1) is 25.7 Å². The molecule has 1 unspecified atom stereocenters. The molecule has 2 aliphatic rings. The summed E-state index contributed by atoms with van der Waals surface area (Å²) in [5, 5.41) is 4.31. The number of hydrogen-bond donors (Lipinski definition) is 2. The highest BCUT2D eigenvalue weighted by Gasteiger charge is 2.38. The second-order valence-corrected chi connectivity index (χ2v) is 10.2. The highest BCUT2D eigenvalue weighted by Crippen LogP contribution is 2.28. The van der Waals surface area contributed by atoms with Crippen molar-refractivity contribution in [1.29, 1.82) is 0 Å². The number of rotatable bonds is 6. The summed E-state index contributed by atoms with van der Waals surface area (Å²) in [6.07, 6.45) is 4.37. The van der Waals surface area contributed by atoms with Gasteiger partial charge >= 0.3 is 0 Å². The Balaban J connectivity index is 1.08. The molecular weight excluding hydrogens is 452 g/mol. The molecule has 2 N–H and O–H groups in total. The summed E-state index contributed by atoms with van der Waals surface area (Å²) in [5.74, 6) is -0.291. The number of aryl methyl sites for hydroxylation is 2. The molecule has 1 atom stereocenters. The van der Waals surface area contributed by atoms with Gasteiger partial charge in [-0.25, -0.2) is 0 Å². The van der Waals surface area contributed by atoms with Crippen molar-refractivity contribution in [3.05, 3.63) is 65.4 Å². The number of H-pyrrole nitrogens is 1. The third kappa shape index (κ3) is 5.01. The van der Waals surface area contributed by atoms with Gasteiger partial charge in [-0.1, -0.05) is 29.3 Å². The van der Waals surface area contributed by atoms with Gasteiger partial charge in [0, 0.05) is 61.3 Å². The van der Waals surface area contributed by atoms with E-state index in [2.05, 4.69) is 35.4 Å². The van der Waals surface area contributed by atoms with Crippen molar-refractivity contribution in [2.45, 2.75) is 39.5 Å². The number of amides is 3. The van der Waals surface area contributed by atoms with Gasteiger partial charge in [0.1, 0.15) is 0 Å². The lowest BCUT2D eigenvalue weighted by atomic mass is 9.94. The topological polar surface area (TPSA) is 85.5 Å². The van der Waals surface area contributed by atoms with E-state index in [1.165, 1.54) is 16.5 Å². The van der Waals surface area contributed by atoms with E-state index >= 15 is 0 Å². The largest absolute Gasteiger partial charge is 0.361 e. The predicted octanol–water partition coefficient (Wildman–Crippen LogP) is 3.74. The van der Waals surface area contributed by atoms with E-state index in [9.17, 15) is 14.4 Å². The van der Waals surface area contributed by atoms with Crippen LogP contribution in [-0.2, 0) is 20.8 Å². The van der Waals surface area contributed by atoms with Crippen molar-refractivity contribution in [1.82, 2.24) is 15.2 Å². The molecule has 7 heteroatoms. The maximum Gasteiger partial charge on any atom is 0.228 e. The zero-order valence-electron chi connectivity index (χ0n) is 21.0. The molecule has 188 valence electrons. The third-order valence-corrected chi connectivity index (χ3v) is 7.61. The smallest absolute Gasteiger partial charge is 0.228 e. The van der Waals surface area contributed by atoms with Gasteiger partial charge in [-0.05, 0) is 62.9 Å². The number of aromatic amines is 1. The lowest BCUT2D eigenvalue weighted by molar-refractivity contribution is -0.139. The van der Waals surface area contributed by atoms with Crippen molar-refractivity contribution in [2.75, 3.05) is 31.1 Å². The minimum atomic E-state index is -0.316. The number of fused-ring (bicyclic) bond motifs is 1. The van der Waals surface area contributed by atoms with Crippen LogP contribution >= 0.6 is 0 Å². The van der Waals surface area contributed by atoms with Crippen molar-refractivity contribution in [3.63, 3.8) is 0 Å². The Hall–Kier alpha value is -3.61. The molecule has 0 bridgehead atoms.